The van der Waals surface area contributed by atoms with Crippen LogP contribution in [0, 0.1) is 0 Å². The lowest BCUT2D eigenvalue weighted by atomic mass is 9.74. The molecular weight excluding hydrogens is 453 g/mol. The largest absolute Gasteiger partial charge is 0.383 e. The normalized spacial score (nSPS) is 18.2. The lowest BCUT2D eigenvalue weighted by Gasteiger charge is -2.39. The van der Waals surface area contributed by atoms with Gasteiger partial charge in [-0.15, -0.1) is 24.0 Å². The van der Waals surface area contributed by atoms with Crippen molar-refractivity contribution in [2.24, 2.45) is 4.99 Å². The van der Waals surface area contributed by atoms with Crippen molar-refractivity contribution in [2.45, 2.75) is 31.2 Å². The summed E-state index contributed by atoms with van der Waals surface area (Å²) in [5.74, 6) is 0.775. The second-order valence-corrected chi connectivity index (χ2v) is 6.71. The van der Waals surface area contributed by atoms with E-state index in [1.165, 1.54) is 5.56 Å². The average Bonchev–Trinajstić information content (AvgIpc) is 2.60. The van der Waals surface area contributed by atoms with Gasteiger partial charge in [-0.05, 0) is 31.4 Å². The van der Waals surface area contributed by atoms with Gasteiger partial charge in [0, 0.05) is 50.4 Å². The molecule has 2 N–H and O–H groups in total. The Hall–Kier alpha value is -0.570. The second-order valence-electron chi connectivity index (χ2n) is 6.30. The summed E-state index contributed by atoms with van der Waals surface area (Å²) >= 11 is 6.49. The Bertz CT molecular complexity index is 551. The van der Waals surface area contributed by atoms with E-state index in [0.29, 0.717) is 6.61 Å². The van der Waals surface area contributed by atoms with E-state index in [2.05, 4.69) is 28.6 Å². The number of aliphatic imine (C=N–C) groups is 1. The molecule has 0 spiro atoms. The Morgan fingerprint density at radius 2 is 2.04 bits per heavy atom. The van der Waals surface area contributed by atoms with E-state index in [1.54, 1.807) is 14.2 Å². The Morgan fingerprint density at radius 1 is 1.36 bits per heavy atom. The Labute approximate surface area is 172 Å². The fourth-order valence-electron chi connectivity index (χ4n) is 3.17. The minimum Gasteiger partial charge on any atom is -0.383 e. The molecule has 1 heterocycles. The molecule has 1 saturated heterocycles. The number of nitrogens with one attached hydrogen (secondary N) is 2. The molecule has 142 valence electrons. The number of ether oxygens (including phenoxy) is 2. The van der Waals surface area contributed by atoms with Gasteiger partial charge in [-0.25, -0.2) is 0 Å². The maximum atomic E-state index is 6.49. The van der Waals surface area contributed by atoms with Crippen LogP contribution in [0.15, 0.2) is 29.3 Å². The van der Waals surface area contributed by atoms with Gasteiger partial charge in [-0.3, -0.25) is 4.99 Å². The van der Waals surface area contributed by atoms with Gasteiger partial charge in [0.2, 0.25) is 0 Å². The molecule has 1 unspecified atom stereocenters. The number of hydrogen-bond donors (Lipinski definition) is 2. The Kier molecular flexibility index (Phi) is 10.1. The monoisotopic (exact) mass is 481 g/mol. The average molecular weight is 482 g/mol. The van der Waals surface area contributed by atoms with E-state index in [0.717, 1.165) is 43.6 Å². The van der Waals surface area contributed by atoms with E-state index in [9.17, 15) is 0 Å². The van der Waals surface area contributed by atoms with Gasteiger partial charge in [0.1, 0.15) is 0 Å². The van der Waals surface area contributed by atoms with Crippen LogP contribution in [-0.2, 0) is 14.9 Å². The van der Waals surface area contributed by atoms with Crippen molar-refractivity contribution in [3.63, 3.8) is 0 Å². The summed E-state index contributed by atoms with van der Waals surface area (Å²) in [6.07, 6.45) is 1.88. The summed E-state index contributed by atoms with van der Waals surface area (Å²) in [5.41, 5.74) is 1.14. The number of methoxy groups -OCH3 is 1. The lowest BCUT2D eigenvalue weighted by Crippen LogP contribution is -2.50. The smallest absolute Gasteiger partial charge is 0.191 e. The third-order valence-corrected chi connectivity index (χ3v) is 4.84. The highest BCUT2D eigenvalue weighted by Gasteiger charge is 2.36. The zero-order valence-electron chi connectivity index (χ0n) is 15.2. The molecule has 0 aromatic heterocycles. The molecule has 0 aliphatic carbocycles. The molecule has 0 amide bonds. The van der Waals surface area contributed by atoms with E-state index >= 15 is 0 Å². The third kappa shape index (κ3) is 6.27. The summed E-state index contributed by atoms with van der Waals surface area (Å²) in [4.78, 5) is 4.32. The number of nitrogens with zero attached hydrogens (tertiary/aromatic N) is 1. The van der Waals surface area contributed by atoms with E-state index in [1.807, 2.05) is 18.2 Å². The molecule has 1 aliphatic rings. The highest BCUT2D eigenvalue weighted by atomic mass is 127. The quantitative estimate of drug-likeness (QED) is 0.372. The SMILES string of the molecule is CN=C(NCC1(c2ccccc2Cl)CCOCC1)NC(C)COC.I. The molecular formula is C18H29ClIN3O2. The maximum Gasteiger partial charge on any atom is 0.191 e. The van der Waals surface area contributed by atoms with Crippen molar-refractivity contribution >= 4 is 41.5 Å². The van der Waals surface area contributed by atoms with Crippen molar-refractivity contribution < 1.29 is 9.47 Å². The molecule has 25 heavy (non-hydrogen) atoms. The van der Waals surface area contributed by atoms with Crippen LogP contribution in [0.5, 0.6) is 0 Å². The number of benzene rings is 1. The molecule has 1 atom stereocenters. The van der Waals surface area contributed by atoms with Crippen molar-refractivity contribution in [3.8, 4) is 0 Å². The first-order valence-corrected chi connectivity index (χ1v) is 8.78. The first kappa shape index (κ1) is 22.5. The number of guanidine groups is 1. The van der Waals surface area contributed by atoms with Crippen LogP contribution in [0.2, 0.25) is 5.02 Å². The van der Waals surface area contributed by atoms with Crippen molar-refractivity contribution in [1.29, 1.82) is 0 Å². The zero-order chi connectivity index (χ0) is 17.4. The van der Waals surface area contributed by atoms with Crippen LogP contribution in [0.1, 0.15) is 25.3 Å². The highest BCUT2D eigenvalue weighted by Crippen LogP contribution is 2.38. The molecule has 1 aliphatic heterocycles. The Morgan fingerprint density at radius 3 is 2.64 bits per heavy atom. The van der Waals surface area contributed by atoms with E-state index < -0.39 is 0 Å². The van der Waals surface area contributed by atoms with Crippen molar-refractivity contribution in [3.05, 3.63) is 34.9 Å². The molecule has 1 aromatic rings. The standard InChI is InChI=1S/C18H28ClN3O2.HI/c1-14(12-23-3)22-17(20-2)21-13-18(8-10-24-11-9-18)15-6-4-5-7-16(15)19;/h4-7,14H,8-13H2,1-3H3,(H2,20,21,22);1H. The van der Waals surface area contributed by atoms with Gasteiger partial charge in [0.05, 0.1) is 6.61 Å². The summed E-state index contributed by atoms with van der Waals surface area (Å²) in [6, 6.07) is 8.29. The summed E-state index contributed by atoms with van der Waals surface area (Å²) in [6.45, 7) is 4.95. The van der Waals surface area contributed by atoms with Gasteiger partial charge in [-0.2, -0.15) is 0 Å². The van der Waals surface area contributed by atoms with Gasteiger partial charge in [0.25, 0.3) is 0 Å². The Balaban J connectivity index is 0.00000312. The minimum atomic E-state index is -0.0429. The molecule has 1 fully saturated rings. The van der Waals surface area contributed by atoms with Gasteiger partial charge in [0.15, 0.2) is 5.96 Å². The van der Waals surface area contributed by atoms with E-state index in [4.69, 9.17) is 21.1 Å². The summed E-state index contributed by atoms with van der Waals surface area (Å²) in [5, 5.41) is 7.62. The van der Waals surface area contributed by atoms with Gasteiger partial charge >= 0.3 is 0 Å². The molecule has 7 heteroatoms. The second kappa shape index (κ2) is 11.2. The molecule has 1 aromatic carbocycles. The topological polar surface area (TPSA) is 54.9 Å². The summed E-state index contributed by atoms with van der Waals surface area (Å²) in [7, 11) is 3.48. The van der Waals surface area contributed by atoms with E-state index in [-0.39, 0.29) is 35.4 Å². The fourth-order valence-corrected chi connectivity index (χ4v) is 3.50. The zero-order valence-corrected chi connectivity index (χ0v) is 18.3. The molecule has 0 bridgehead atoms. The van der Waals surface area contributed by atoms with Crippen LogP contribution in [-0.4, -0.2) is 52.5 Å². The molecule has 0 radical (unpaired) electrons. The van der Waals surface area contributed by atoms with Crippen LogP contribution in [0.3, 0.4) is 0 Å². The van der Waals surface area contributed by atoms with Crippen LogP contribution in [0.4, 0.5) is 0 Å². The van der Waals surface area contributed by atoms with Crippen molar-refractivity contribution in [1.82, 2.24) is 10.6 Å². The lowest BCUT2D eigenvalue weighted by molar-refractivity contribution is 0.0514. The van der Waals surface area contributed by atoms with Crippen molar-refractivity contribution in [2.75, 3.05) is 40.5 Å². The van der Waals surface area contributed by atoms with Crippen LogP contribution in [0.25, 0.3) is 0 Å². The number of halogens is 2. The predicted molar refractivity (Wildman–Crippen MR) is 114 cm³/mol. The first-order valence-electron chi connectivity index (χ1n) is 8.40. The number of rotatable bonds is 6. The van der Waals surface area contributed by atoms with Gasteiger partial charge < -0.3 is 20.1 Å². The van der Waals surface area contributed by atoms with Crippen LogP contribution >= 0.6 is 35.6 Å². The molecule has 5 nitrogen and oxygen atoms in total. The third-order valence-electron chi connectivity index (χ3n) is 4.51. The maximum absolute atomic E-state index is 6.49. The summed E-state index contributed by atoms with van der Waals surface area (Å²) < 4.78 is 10.8. The first-order chi connectivity index (χ1) is 11.6. The minimum absolute atomic E-state index is 0. The predicted octanol–water partition coefficient (Wildman–Crippen LogP) is 3.21. The molecule has 2 rings (SSSR count). The van der Waals surface area contributed by atoms with Crippen LogP contribution < -0.4 is 10.6 Å². The number of hydrogen-bond acceptors (Lipinski definition) is 3. The fraction of sp³-hybridized carbons (Fsp3) is 0.611. The highest BCUT2D eigenvalue weighted by molar-refractivity contribution is 14.0. The molecule has 0 saturated carbocycles. The van der Waals surface area contributed by atoms with Gasteiger partial charge in [-0.1, -0.05) is 29.8 Å².